The van der Waals surface area contributed by atoms with E-state index in [0.717, 1.165) is 33.5 Å². The van der Waals surface area contributed by atoms with E-state index in [9.17, 15) is 0 Å². The van der Waals surface area contributed by atoms with E-state index in [4.69, 9.17) is 4.98 Å². The van der Waals surface area contributed by atoms with Gasteiger partial charge >= 0.3 is 0 Å². The summed E-state index contributed by atoms with van der Waals surface area (Å²) < 4.78 is 0. The van der Waals surface area contributed by atoms with Crippen LogP contribution in [0.15, 0.2) is 115 Å². The van der Waals surface area contributed by atoms with Gasteiger partial charge in [0.25, 0.3) is 0 Å². The Hall–Kier alpha value is -4.17. The van der Waals surface area contributed by atoms with Gasteiger partial charge in [0.05, 0.1) is 11.4 Å². The highest BCUT2D eigenvalue weighted by atomic mass is 14.7. The van der Waals surface area contributed by atoms with Crippen LogP contribution in [0.2, 0.25) is 0 Å². The number of pyridine rings is 1. The van der Waals surface area contributed by atoms with Crippen LogP contribution in [-0.4, -0.2) is 9.97 Å². The Morgan fingerprint density at radius 2 is 1.03 bits per heavy atom. The van der Waals surface area contributed by atoms with Crippen molar-refractivity contribution in [1.82, 2.24) is 9.97 Å². The zero-order valence-corrected chi connectivity index (χ0v) is 16.9. The number of H-pyrrole nitrogens is 1. The van der Waals surface area contributed by atoms with Crippen LogP contribution in [0.5, 0.6) is 0 Å². The number of aromatic amines is 1. The molecule has 0 aliphatic carbocycles. The molecule has 0 unspecified atom stereocenters. The number of nitrogens with one attached hydrogen (secondary N) is 1. The minimum absolute atomic E-state index is 0.979. The lowest BCUT2D eigenvalue weighted by Crippen LogP contribution is -1.91. The molecule has 0 saturated heterocycles. The summed E-state index contributed by atoms with van der Waals surface area (Å²) >= 11 is 0. The number of hydrogen-bond donors (Lipinski definition) is 1. The van der Waals surface area contributed by atoms with Gasteiger partial charge in [-0.3, -0.25) is 0 Å². The Kier molecular flexibility index (Phi) is 4.14. The minimum Gasteiger partial charge on any atom is -0.355 e. The molecule has 2 heterocycles. The highest BCUT2D eigenvalue weighted by molar-refractivity contribution is 6.08. The van der Waals surface area contributed by atoms with Gasteiger partial charge in [-0.05, 0) is 41.5 Å². The van der Waals surface area contributed by atoms with Crippen molar-refractivity contribution < 1.29 is 0 Å². The lowest BCUT2D eigenvalue weighted by atomic mass is 9.99. The summed E-state index contributed by atoms with van der Waals surface area (Å²) in [6.45, 7) is 0. The van der Waals surface area contributed by atoms with E-state index in [1.165, 1.54) is 21.9 Å². The molecule has 0 atom stereocenters. The maximum atomic E-state index is 5.06. The number of hydrogen-bond acceptors (Lipinski definition) is 1. The van der Waals surface area contributed by atoms with E-state index in [2.05, 4.69) is 114 Å². The highest BCUT2D eigenvalue weighted by Gasteiger charge is 2.11. The van der Waals surface area contributed by atoms with Crippen molar-refractivity contribution in [2.45, 2.75) is 0 Å². The summed E-state index contributed by atoms with van der Waals surface area (Å²) in [5, 5.41) is 2.46. The van der Waals surface area contributed by atoms with Gasteiger partial charge in [-0.1, -0.05) is 84.9 Å². The SMILES string of the molecule is c1ccc(-c2cc(-c3ccccc3)nc(-c3ccc4[nH]c5ccccc5c4c3)c2)cc1. The van der Waals surface area contributed by atoms with Gasteiger partial charge in [0.15, 0.2) is 0 Å². The molecule has 0 spiro atoms. The Labute approximate surface area is 180 Å². The number of benzene rings is 4. The predicted octanol–water partition coefficient (Wildman–Crippen LogP) is 7.72. The van der Waals surface area contributed by atoms with Gasteiger partial charge in [0, 0.05) is 32.9 Å². The molecule has 2 heteroatoms. The Morgan fingerprint density at radius 1 is 0.419 bits per heavy atom. The van der Waals surface area contributed by atoms with Crippen molar-refractivity contribution in [3.05, 3.63) is 115 Å². The topological polar surface area (TPSA) is 28.7 Å². The fourth-order valence-electron chi connectivity index (χ4n) is 4.24. The van der Waals surface area contributed by atoms with Crippen LogP contribution in [0, 0.1) is 0 Å². The van der Waals surface area contributed by atoms with Crippen LogP contribution < -0.4 is 0 Å². The number of para-hydroxylation sites is 1. The first-order chi connectivity index (χ1) is 15.3. The molecule has 0 amide bonds. The van der Waals surface area contributed by atoms with Gasteiger partial charge in [0.1, 0.15) is 0 Å². The van der Waals surface area contributed by atoms with Gasteiger partial charge < -0.3 is 4.98 Å². The predicted molar refractivity (Wildman–Crippen MR) is 130 cm³/mol. The summed E-state index contributed by atoms with van der Waals surface area (Å²) in [6, 6.07) is 40.3. The standard InChI is InChI=1S/C29H20N2/c1-3-9-20(10-4-1)23-18-28(21-11-5-2-6-12-21)31-29(19-23)22-15-16-27-25(17-22)24-13-7-8-14-26(24)30-27/h1-19,30H. The minimum atomic E-state index is 0.979. The van der Waals surface area contributed by atoms with Crippen molar-refractivity contribution in [2.75, 3.05) is 0 Å². The lowest BCUT2D eigenvalue weighted by Gasteiger charge is -2.10. The Morgan fingerprint density at radius 3 is 1.81 bits per heavy atom. The summed E-state index contributed by atoms with van der Waals surface area (Å²) in [6.07, 6.45) is 0. The van der Waals surface area contributed by atoms with E-state index in [0.29, 0.717) is 0 Å². The third-order valence-corrected chi connectivity index (χ3v) is 5.80. The first-order valence-corrected chi connectivity index (χ1v) is 10.5. The highest BCUT2D eigenvalue weighted by Crippen LogP contribution is 2.33. The van der Waals surface area contributed by atoms with E-state index in [1.807, 2.05) is 6.07 Å². The number of nitrogens with zero attached hydrogens (tertiary/aromatic N) is 1. The van der Waals surface area contributed by atoms with Crippen molar-refractivity contribution in [3.8, 4) is 33.6 Å². The molecular weight excluding hydrogens is 376 g/mol. The van der Waals surface area contributed by atoms with Crippen LogP contribution in [0.4, 0.5) is 0 Å². The Balaban J connectivity index is 1.58. The van der Waals surface area contributed by atoms with E-state index in [-0.39, 0.29) is 0 Å². The van der Waals surface area contributed by atoms with E-state index >= 15 is 0 Å². The molecule has 6 rings (SSSR count). The fourth-order valence-corrected chi connectivity index (χ4v) is 4.24. The first kappa shape index (κ1) is 17.7. The molecule has 0 fully saturated rings. The fraction of sp³-hybridized carbons (Fsp3) is 0. The second kappa shape index (κ2) is 7.26. The molecule has 0 bridgehead atoms. The van der Waals surface area contributed by atoms with Gasteiger partial charge in [-0.2, -0.15) is 0 Å². The van der Waals surface area contributed by atoms with E-state index in [1.54, 1.807) is 0 Å². The molecule has 0 aliphatic heterocycles. The third-order valence-electron chi connectivity index (χ3n) is 5.80. The zero-order valence-electron chi connectivity index (χ0n) is 16.9. The van der Waals surface area contributed by atoms with Gasteiger partial charge in [-0.25, -0.2) is 4.98 Å². The molecule has 31 heavy (non-hydrogen) atoms. The lowest BCUT2D eigenvalue weighted by molar-refractivity contribution is 1.32. The molecule has 146 valence electrons. The molecule has 0 radical (unpaired) electrons. The molecule has 1 N–H and O–H groups in total. The molecule has 2 nitrogen and oxygen atoms in total. The third kappa shape index (κ3) is 3.19. The Bertz CT molecular complexity index is 1460. The maximum absolute atomic E-state index is 5.06. The normalized spacial score (nSPS) is 11.2. The monoisotopic (exact) mass is 396 g/mol. The second-order valence-corrected chi connectivity index (χ2v) is 7.79. The molecular formula is C29H20N2. The van der Waals surface area contributed by atoms with Crippen molar-refractivity contribution >= 4 is 21.8 Å². The van der Waals surface area contributed by atoms with Crippen LogP contribution in [0.1, 0.15) is 0 Å². The maximum Gasteiger partial charge on any atom is 0.0715 e. The number of fused-ring (bicyclic) bond motifs is 3. The summed E-state index contributed by atoms with van der Waals surface area (Å²) in [4.78, 5) is 8.57. The summed E-state index contributed by atoms with van der Waals surface area (Å²) in [5.41, 5.74) is 8.86. The van der Waals surface area contributed by atoms with Crippen molar-refractivity contribution in [1.29, 1.82) is 0 Å². The number of aromatic nitrogens is 2. The van der Waals surface area contributed by atoms with Gasteiger partial charge in [-0.15, -0.1) is 0 Å². The molecule has 4 aromatic carbocycles. The molecule has 0 aliphatic rings. The smallest absolute Gasteiger partial charge is 0.0715 e. The van der Waals surface area contributed by atoms with Crippen LogP contribution in [0.25, 0.3) is 55.4 Å². The van der Waals surface area contributed by atoms with Gasteiger partial charge in [0.2, 0.25) is 0 Å². The van der Waals surface area contributed by atoms with Crippen LogP contribution in [0.3, 0.4) is 0 Å². The molecule has 6 aromatic rings. The van der Waals surface area contributed by atoms with Crippen LogP contribution >= 0.6 is 0 Å². The largest absolute Gasteiger partial charge is 0.355 e. The summed E-state index contributed by atoms with van der Waals surface area (Å²) in [7, 11) is 0. The molecule has 0 saturated carbocycles. The average molecular weight is 396 g/mol. The van der Waals surface area contributed by atoms with Crippen molar-refractivity contribution in [2.24, 2.45) is 0 Å². The number of rotatable bonds is 3. The molecule has 2 aromatic heterocycles. The quantitative estimate of drug-likeness (QED) is 0.326. The second-order valence-electron chi connectivity index (χ2n) is 7.79. The van der Waals surface area contributed by atoms with Crippen LogP contribution in [-0.2, 0) is 0 Å². The van der Waals surface area contributed by atoms with E-state index < -0.39 is 0 Å². The first-order valence-electron chi connectivity index (χ1n) is 10.5. The average Bonchev–Trinajstić information content (AvgIpc) is 3.23. The summed E-state index contributed by atoms with van der Waals surface area (Å²) in [5.74, 6) is 0. The zero-order chi connectivity index (χ0) is 20.6. The van der Waals surface area contributed by atoms with Crippen molar-refractivity contribution in [3.63, 3.8) is 0 Å².